The van der Waals surface area contributed by atoms with Crippen molar-refractivity contribution in [1.29, 1.82) is 0 Å². The third-order valence-electron chi connectivity index (χ3n) is 3.09. The molecule has 0 spiro atoms. The topological polar surface area (TPSA) is 0 Å². The predicted octanol–water partition coefficient (Wildman–Crippen LogP) is 4.03. The summed E-state index contributed by atoms with van der Waals surface area (Å²) in [6.45, 7) is 14.5. The van der Waals surface area contributed by atoms with E-state index in [9.17, 15) is 0 Å². The summed E-state index contributed by atoms with van der Waals surface area (Å²) < 4.78 is 0. The lowest BCUT2D eigenvalue weighted by molar-refractivity contribution is 0.896. The lowest BCUT2D eigenvalue weighted by Crippen LogP contribution is -2.17. The minimum absolute atomic E-state index is 0.299. The molecule has 0 aliphatic heterocycles. The Labute approximate surface area is 81.0 Å². The molecule has 0 heterocycles. The van der Waals surface area contributed by atoms with Gasteiger partial charge in [-0.15, -0.1) is 15.8 Å². The molecule has 0 N–H and O–H groups in total. The normalized spacial score (nSPS) is 21.5. The molecule has 0 nitrogen and oxygen atoms in total. The Morgan fingerprint density at radius 3 is 1.25 bits per heavy atom. The van der Waals surface area contributed by atoms with Gasteiger partial charge >= 0.3 is 0 Å². The number of hydrogen-bond donors (Lipinski definition) is 0. The molecule has 0 bridgehead atoms. The van der Waals surface area contributed by atoms with Crippen LogP contribution in [0.4, 0.5) is 0 Å². The molecule has 2 heteroatoms. The van der Waals surface area contributed by atoms with Gasteiger partial charge in [0.05, 0.1) is 0 Å². The zero-order chi connectivity index (χ0) is 9.72. The molecule has 0 amide bonds. The fourth-order valence-electron chi connectivity index (χ4n) is 1.31. The molecule has 0 aromatic heterocycles. The first-order valence-electron chi connectivity index (χ1n) is 4.95. The molecule has 0 aliphatic rings. The maximum Gasteiger partial charge on any atom is -0.0175 e. The van der Waals surface area contributed by atoms with E-state index in [1.54, 1.807) is 0 Å². The van der Waals surface area contributed by atoms with Crippen LogP contribution in [-0.4, -0.2) is 37.0 Å². The summed E-state index contributed by atoms with van der Waals surface area (Å²) in [7, 11) is 0.598. The van der Waals surface area contributed by atoms with Crippen LogP contribution in [0.2, 0.25) is 0 Å². The number of hydrogen-bond acceptors (Lipinski definition) is 0. The quantitative estimate of drug-likeness (QED) is 0.596. The monoisotopic (exact) mass is 206 g/mol. The van der Waals surface area contributed by atoms with Crippen LogP contribution in [0, 0.1) is 0 Å². The van der Waals surface area contributed by atoms with E-state index in [1.165, 1.54) is 12.3 Å². The van der Waals surface area contributed by atoms with Crippen molar-refractivity contribution in [3.05, 3.63) is 0 Å². The summed E-state index contributed by atoms with van der Waals surface area (Å²) in [5.74, 6) is 0. The molecule has 0 fully saturated rings. The van der Waals surface area contributed by atoms with Crippen LogP contribution in [0.25, 0.3) is 0 Å². The van der Waals surface area contributed by atoms with Crippen LogP contribution >= 0.6 is 15.8 Å². The van der Waals surface area contributed by atoms with Gasteiger partial charge in [0.2, 0.25) is 0 Å². The highest BCUT2D eigenvalue weighted by molar-refractivity contribution is 7.61. The fraction of sp³-hybridized carbons (Fsp3) is 1.00. The van der Waals surface area contributed by atoms with Crippen molar-refractivity contribution in [3.8, 4) is 0 Å². The van der Waals surface area contributed by atoms with Crippen LogP contribution < -0.4 is 0 Å². The van der Waals surface area contributed by atoms with Gasteiger partial charge in [-0.3, -0.25) is 0 Å². The highest BCUT2D eigenvalue weighted by Crippen LogP contribution is 2.48. The summed E-state index contributed by atoms with van der Waals surface area (Å²) in [6.07, 6.45) is 2.79. The average molecular weight is 206 g/mol. The van der Waals surface area contributed by atoms with Gasteiger partial charge in [-0.1, -0.05) is 27.7 Å². The van der Waals surface area contributed by atoms with Crippen LogP contribution in [-0.2, 0) is 0 Å². The predicted molar refractivity (Wildman–Crippen MR) is 65.7 cm³/mol. The molecule has 12 heavy (non-hydrogen) atoms. The van der Waals surface area contributed by atoms with E-state index < -0.39 is 0 Å². The molecule has 0 aliphatic carbocycles. The average Bonchev–Trinajstić information content (AvgIpc) is 2.12. The molecule has 0 rings (SSSR count). The number of rotatable bonds is 5. The lowest BCUT2D eigenvalue weighted by atomic mass is 10.4. The summed E-state index contributed by atoms with van der Waals surface area (Å²) >= 11 is 0. The summed E-state index contributed by atoms with van der Waals surface area (Å²) in [4.78, 5) is 0. The second-order valence-electron chi connectivity index (χ2n) is 3.63. The first-order chi connectivity index (χ1) is 5.54. The molecule has 0 aromatic carbocycles. The van der Waals surface area contributed by atoms with Crippen molar-refractivity contribution in [2.24, 2.45) is 0 Å². The minimum Gasteiger partial charge on any atom is -0.107 e. The van der Waals surface area contributed by atoms with Crippen molar-refractivity contribution in [2.45, 2.75) is 39.0 Å². The van der Waals surface area contributed by atoms with Gasteiger partial charge in [0.1, 0.15) is 0 Å². The Morgan fingerprint density at radius 2 is 1.08 bits per heavy atom. The lowest BCUT2D eigenvalue weighted by Gasteiger charge is -2.30. The maximum absolute atomic E-state index is 2.45. The summed E-state index contributed by atoms with van der Waals surface area (Å²) in [5.41, 5.74) is 1.95. The first-order valence-corrected chi connectivity index (χ1v) is 9.03. The molecular formula is C10H24P2. The standard InChI is InChI=1S/C10H24P2/c1-7-11(5)9(3)10(4)12(6)8-2/h9-10H,7-8H2,1-6H3/t9-,10?,11+,12+/m1/s1. The Morgan fingerprint density at radius 1 is 0.833 bits per heavy atom. The van der Waals surface area contributed by atoms with Crippen molar-refractivity contribution in [1.82, 2.24) is 0 Å². The highest BCUT2D eigenvalue weighted by atomic mass is 31.1. The van der Waals surface area contributed by atoms with Crippen molar-refractivity contribution >= 4 is 15.8 Å². The maximum atomic E-state index is 2.45. The van der Waals surface area contributed by atoms with E-state index in [2.05, 4.69) is 41.0 Å². The zero-order valence-corrected chi connectivity index (χ0v) is 11.3. The van der Waals surface area contributed by atoms with E-state index in [-0.39, 0.29) is 0 Å². The van der Waals surface area contributed by atoms with E-state index in [1.807, 2.05) is 0 Å². The Balaban J connectivity index is 3.99. The highest BCUT2D eigenvalue weighted by Gasteiger charge is 2.20. The van der Waals surface area contributed by atoms with Crippen LogP contribution in [0.1, 0.15) is 27.7 Å². The van der Waals surface area contributed by atoms with Crippen LogP contribution in [0.5, 0.6) is 0 Å². The third-order valence-corrected chi connectivity index (χ3v) is 8.99. The summed E-state index contributed by atoms with van der Waals surface area (Å²) in [6, 6.07) is 0. The van der Waals surface area contributed by atoms with E-state index in [0.717, 1.165) is 11.3 Å². The van der Waals surface area contributed by atoms with Gasteiger partial charge in [-0.05, 0) is 37.0 Å². The second kappa shape index (κ2) is 6.33. The van der Waals surface area contributed by atoms with E-state index in [0.29, 0.717) is 15.8 Å². The smallest absolute Gasteiger partial charge is 0.0175 e. The second-order valence-corrected chi connectivity index (χ2v) is 9.55. The van der Waals surface area contributed by atoms with Crippen molar-refractivity contribution < 1.29 is 0 Å². The Hall–Kier alpha value is 0.860. The molecule has 0 saturated carbocycles. The van der Waals surface area contributed by atoms with Crippen molar-refractivity contribution in [3.63, 3.8) is 0 Å². The van der Waals surface area contributed by atoms with Gasteiger partial charge in [-0.2, -0.15) is 0 Å². The Kier molecular flexibility index (Phi) is 6.79. The zero-order valence-electron chi connectivity index (χ0n) is 9.46. The molecule has 4 atom stereocenters. The largest absolute Gasteiger partial charge is 0.107 e. The van der Waals surface area contributed by atoms with Gasteiger partial charge in [0.15, 0.2) is 0 Å². The summed E-state index contributed by atoms with van der Waals surface area (Å²) in [5, 5.41) is 0. The molecule has 0 radical (unpaired) electrons. The van der Waals surface area contributed by atoms with Gasteiger partial charge in [0.25, 0.3) is 0 Å². The minimum atomic E-state index is 0.299. The van der Waals surface area contributed by atoms with Crippen LogP contribution in [0.15, 0.2) is 0 Å². The van der Waals surface area contributed by atoms with Crippen LogP contribution in [0.3, 0.4) is 0 Å². The van der Waals surface area contributed by atoms with E-state index >= 15 is 0 Å². The van der Waals surface area contributed by atoms with Gasteiger partial charge in [0, 0.05) is 0 Å². The molecular weight excluding hydrogens is 182 g/mol. The third kappa shape index (κ3) is 3.71. The van der Waals surface area contributed by atoms with Gasteiger partial charge in [-0.25, -0.2) is 0 Å². The first kappa shape index (κ1) is 12.9. The molecule has 0 saturated heterocycles. The fourth-order valence-corrected chi connectivity index (χ4v) is 5.30. The van der Waals surface area contributed by atoms with Crippen molar-refractivity contribution in [2.75, 3.05) is 25.7 Å². The SMILES string of the molecule is CC[P@](C)C(C)[C@@H](C)[P@@](C)CC. The molecule has 74 valence electrons. The Bertz CT molecular complexity index is 100. The molecule has 1 unspecified atom stereocenters. The molecule has 0 aromatic rings. The van der Waals surface area contributed by atoms with E-state index in [4.69, 9.17) is 0 Å². The van der Waals surface area contributed by atoms with Gasteiger partial charge < -0.3 is 0 Å².